The molecule has 0 aliphatic carbocycles. The molecule has 4 heterocycles. The summed E-state index contributed by atoms with van der Waals surface area (Å²) in [5.41, 5.74) is 6.06. The Morgan fingerprint density at radius 3 is 2.50 bits per heavy atom. The number of fused-ring (bicyclic) bond motifs is 1. The van der Waals surface area contributed by atoms with E-state index in [4.69, 9.17) is 4.98 Å². The van der Waals surface area contributed by atoms with Crippen molar-refractivity contribution in [3.8, 4) is 11.3 Å². The minimum Gasteiger partial charge on any atom is -0.369 e. The highest BCUT2D eigenvalue weighted by atomic mass is 32.1. The van der Waals surface area contributed by atoms with Crippen molar-refractivity contribution in [3.63, 3.8) is 0 Å². The normalized spacial score (nSPS) is 19.9. The highest BCUT2D eigenvalue weighted by Crippen LogP contribution is 2.38. The van der Waals surface area contributed by atoms with Crippen molar-refractivity contribution in [2.75, 3.05) is 63.2 Å². The van der Waals surface area contributed by atoms with Crippen LogP contribution in [0.5, 0.6) is 0 Å². The number of rotatable bonds is 4. The Balaban J connectivity index is 1.49. The first kappa shape index (κ1) is 19.8. The number of pyridine rings is 1. The van der Waals surface area contributed by atoms with Crippen LogP contribution in [-0.4, -0.2) is 69.3 Å². The SMILES string of the molecule is Cc1cc2nc(-c3ccc(N4CCNCC4)cc3)cc(N3CCC(N(C)C)C3)c2s1. The van der Waals surface area contributed by atoms with Crippen LogP contribution >= 0.6 is 11.3 Å². The van der Waals surface area contributed by atoms with Gasteiger partial charge < -0.3 is 20.0 Å². The molecule has 1 unspecified atom stereocenters. The molecule has 0 radical (unpaired) electrons. The Kier molecular flexibility index (Phi) is 5.39. The van der Waals surface area contributed by atoms with E-state index in [1.54, 1.807) is 0 Å². The molecule has 1 aromatic carbocycles. The minimum atomic E-state index is 0.621. The first-order valence-electron chi connectivity index (χ1n) is 11.0. The zero-order chi connectivity index (χ0) is 20.7. The molecular weight excluding hydrogens is 390 g/mol. The number of likely N-dealkylation sites (N-methyl/N-ethyl adjacent to an activating group) is 1. The van der Waals surface area contributed by atoms with Crippen molar-refractivity contribution in [2.24, 2.45) is 0 Å². The molecule has 2 saturated heterocycles. The summed E-state index contributed by atoms with van der Waals surface area (Å²) < 4.78 is 1.33. The Morgan fingerprint density at radius 1 is 1.03 bits per heavy atom. The van der Waals surface area contributed by atoms with Gasteiger partial charge in [-0.25, -0.2) is 4.98 Å². The number of thiophene rings is 1. The van der Waals surface area contributed by atoms with Gasteiger partial charge in [-0.05, 0) is 51.7 Å². The Labute approximate surface area is 183 Å². The van der Waals surface area contributed by atoms with E-state index in [0.717, 1.165) is 50.5 Å². The van der Waals surface area contributed by atoms with Gasteiger partial charge in [-0.1, -0.05) is 12.1 Å². The monoisotopic (exact) mass is 421 g/mol. The molecule has 6 heteroatoms. The summed E-state index contributed by atoms with van der Waals surface area (Å²) in [5.74, 6) is 0. The summed E-state index contributed by atoms with van der Waals surface area (Å²) in [5, 5.41) is 3.43. The molecule has 5 nitrogen and oxygen atoms in total. The molecule has 0 spiro atoms. The van der Waals surface area contributed by atoms with E-state index in [-0.39, 0.29) is 0 Å². The zero-order valence-corrected chi connectivity index (χ0v) is 19.0. The lowest BCUT2D eigenvalue weighted by atomic mass is 10.1. The summed E-state index contributed by atoms with van der Waals surface area (Å²) in [7, 11) is 4.38. The van der Waals surface area contributed by atoms with Crippen LogP contribution < -0.4 is 15.1 Å². The van der Waals surface area contributed by atoms with Gasteiger partial charge in [0, 0.05) is 61.4 Å². The molecule has 5 rings (SSSR count). The standard InChI is InChI=1S/C24H31N5S/c1-17-14-22-24(30-17)23(29-11-8-20(16-29)27(2)3)15-21(26-22)18-4-6-19(7-5-18)28-12-9-25-10-13-28/h4-7,14-15,20,25H,8-13,16H2,1-3H3. The number of hydrogen-bond acceptors (Lipinski definition) is 6. The average Bonchev–Trinajstić information content (AvgIpc) is 3.40. The second-order valence-corrected chi connectivity index (χ2v) is 9.99. The van der Waals surface area contributed by atoms with Gasteiger partial charge >= 0.3 is 0 Å². The van der Waals surface area contributed by atoms with Gasteiger partial charge in [0.2, 0.25) is 0 Å². The number of piperazine rings is 1. The fourth-order valence-electron chi connectivity index (χ4n) is 4.66. The third-order valence-corrected chi connectivity index (χ3v) is 7.52. The predicted molar refractivity (Wildman–Crippen MR) is 129 cm³/mol. The molecular formula is C24H31N5S. The molecule has 1 N–H and O–H groups in total. The van der Waals surface area contributed by atoms with Gasteiger partial charge in [0.25, 0.3) is 0 Å². The van der Waals surface area contributed by atoms with Crippen molar-refractivity contribution in [2.45, 2.75) is 19.4 Å². The zero-order valence-electron chi connectivity index (χ0n) is 18.2. The number of nitrogens with one attached hydrogen (secondary N) is 1. The summed E-state index contributed by atoms with van der Waals surface area (Å²) in [6, 6.07) is 14.2. The van der Waals surface area contributed by atoms with E-state index in [1.165, 1.54) is 32.9 Å². The fourth-order valence-corrected chi connectivity index (χ4v) is 5.65. The van der Waals surface area contributed by atoms with Crippen molar-refractivity contribution < 1.29 is 0 Å². The first-order valence-corrected chi connectivity index (χ1v) is 11.8. The Bertz CT molecular complexity index is 1020. The van der Waals surface area contributed by atoms with Crippen LogP contribution in [0.25, 0.3) is 21.5 Å². The Hall–Kier alpha value is -2.15. The largest absolute Gasteiger partial charge is 0.369 e. The first-order chi connectivity index (χ1) is 14.6. The van der Waals surface area contributed by atoms with E-state index >= 15 is 0 Å². The molecule has 30 heavy (non-hydrogen) atoms. The summed E-state index contributed by atoms with van der Waals surface area (Å²) in [4.78, 5) is 13.7. The summed E-state index contributed by atoms with van der Waals surface area (Å²) >= 11 is 1.87. The second-order valence-electron chi connectivity index (χ2n) is 8.73. The van der Waals surface area contributed by atoms with E-state index in [2.05, 4.69) is 77.4 Å². The summed E-state index contributed by atoms with van der Waals surface area (Å²) in [6.45, 7) is 8.65. The number of hydrogen-bond donors (Lipinski definition) is 1. The predicted octanol–water partition coefficient (Wildman–Crippen LogP) is 3.82. The van der Waals surface area contributed by atoms with Crippen molar-refractivity contribution in [1.29, 1.82) is 0 Å². The third-order valence-electron chi connectivity index (χ3n) is 6.46. The molecule has 2 aliphatic heterocycles. The second kappa shape index (κ2) is 8.17. The highest BCUT2D eigenvalue weighted by Gasteiger charge is 2.26. The average molecular weight is 422 g/mol. The van der Waals surface area contributed by atoms with Crippen LogP contribution in [0.15, 0.2) is 36.4 Å². The van der Waals surface area contributed by atoms with Crippen LogP contribution in [0.1, 0.15) is 11.3 Å². The number of anilines is 2. The van der Waals surface area contributed by atoms with Gasteiger partial charge in [-0.15, -0.1) is 11.3 Å². The lowest BCUT2D eigenvalue weighted by Crippen LogP contribution is -2.43. The quantitative estimate of drug-likeness (QED) is 0.693. The van der Waals surface area contributed by atoms with Gasteiger partial charge in [0.15, 0.2) is 0 Å². The molecule has 2 aromatic heterocycles. The molecule has 1 atom stereocenters. The Morgan fingerprint density at radius 2 is 1.80 bits per heavy atom. The molecule has 2 aliphatic rings. The maximum Gasteiger partial charge on any atom is 0.0841 e. The van der Waals surface area contributed by atoms with Crippen LogP contribution in [0.2, 0.25) is 0 Å². The van der Waals surface area contributed by atoms with Gasteiger partial charge in [0.05, 0.1) is 21.6 Å². The van der Waals surface area contributed by atoms with E-state index < -0.39 is 0 Å². The van der Waals surface area contributed by atoms with Crippen LogP contribution in [0.3, 0.4) is 0 Å². The van der Waals surface area contributed by atoms with Crippen molar-refractivity contribution in [3.05, 3.63) is 41.3 Å². The molecule has 158 valence electrons. The number of aromatic nitrogens is 1. The van der Waals surface area contributed by atoms with Crippen LogP contribution in [0, 0.1) is 6.92 Å². The van der Waals surface area contributed by atoms with Gasteiger partial charge in [0.1, 0.15) is 0 Å². The maximum atomic E-state index is 5.04. The maximum absolute atomic E-state index is 5.04. The van der Waals surface area contributed by atoms with Crippen LogP contribution in [0.4, 0.5) is 11.4 Å². The third kappa shape index (κ3) is 3.80. The van der Waals surface area contributed by atoms with E-state index in [0.29, 0.717) is 6.04 Å². The molecule has 0 bridgehead atoms. The van der Waals surface area contributed by atoms with E-state index in [9.17, 15) is 0 Å². The van der Waals surface area contributed by atoms with Crippen molar-refractivity contribution >= 4 is 32.9 Å². The smallest absolute Gasteiger partial charge is 0.0841 e. The van der Waals surface area contributed by atoms with E-state index in [1.807, 2.05) is 11.3 Å². The van der Waals surface area contributed by atoms with Crippen LogP contribution in [-0.2, 0) is 0 Å². The topological polar surface area (TPSA) is 34.6 Å². The lowest BCUT2D eigenvalue weighted by molar-refractivity contribution is 0.315. The minimum absolute atomic E-state index is 0.621. The molecule has 0 amide bonds. The van der Waals surface area contributed by atoms with Crippen molar-refractivity contribution in [1.82, 2.24) is 15.2 Å². The number of benzene rings is 1. The summed E-state index contributed by atoms with van der Waals surface area (Å²) in [6.07, 6.45) is 1.22. The van der Waals surface area contributed by atoms with Gasteiger partial charge in [-0.3, -0.25) is 0 Å². The fraction of sp³-hybridized carbons (Fsp3) is 0.458. The number of nitrogens with zero attached hydrogens (tertiary/aromatic N) is 4. The highest BCUT2D eigenvalue weighted by molar-refractivity contribution is 7.19. The molecule has 2 fully saturated rings. The molecule has 0 saturated carbocycles. The molecule has 3 aromatic rings. The van der Waals surface area contributed by atoms with Gasteiger partial charge in [-0.2, -0.15) is 0 Å². The number of aryl methyl sites for hydroxylation is 1. The lowest BCUT2D eigenvalue weighted by Gasteiger charge is -2.29.